The summed E-state index contributed by atoms with van der Waals surface area (Å²) in [6, 6.07) is 30.0. The smallest absolute Gasteiger partial charge is 0.408 e. The second-order valence-corrected chi connectivity index (χ2v) is 13.9. The highest BCUT2D eigenvalue weighted by Gasteiger charge is 2.25. The lowest BCUT2D eigenvalue weighted by molar-refractivity contribution is -0.384. The SMILES string of the molecule is CC(C)(C)OC(=O)NCC(=O)N/C(=C\c1ccccc1)C(=O)NCC(=O)N/C(=C/c1ccccc1)C(=O)N[C@@H](Cc1ccccc1)C(=O)Nc1ccc([N+](=O)[O-])cc1.CCO. The summed E-state index contributed by atoms with van der Waals surface area (Å²) >= 11 is 0. The van der Waals surface area contributed by atoms with E-state index in [1.807, 2.05) is 0 Å². The van der Waals surface area contributed by atoms with Crippen LogP contribution in [0, 0.1) is 10.1 Å². The summed E-state index contributed by atoms with van der Waals surface area (Å²) in [5.74, 6) is -3.89. The largest absolute Gasteiger partial charge is 0.444 e. The van der Waals surface area contributed by atoms with Crippen molar-refractivity contribution in [2.75, 3.05) is 25.0 Å². The van der Waals surface area contributed by atoms with E-state index in [4.69, 9.17) is 9.84 Å². The van der Waals surface area contributed by atoms with Crippen LogP contribution in [0.3, 0.4) is 0 Å². The number of nitrogens with one attached hydrogen (secondary N) is 6. The summed E-state index contributed by atoms with van der Waals surface area (Å²) in [5, 5.41) is 33.7. The van der Waals surface area contributed by atoms with Gasteiger partial charge < -0.3 is 41.7 Å². The minimum Gasteiger partial charge on any atom is -0.444 e. The predicted molar refractivity (Wildman–Crippen MR) is 229 cm³/mol. The minimum atomic E-state index is -1.18. The van der Waals surface area contributed by atoms with Crippen LogP contribution >= 0.6 is 0 Å². The molecule has 0 saturated carbocycles. The first-order chi connectivity index (χ1) is 29.1. The van der Waals surface area contributed by atoms with E-state index in [-0.39, 0.29) is 35.8 Å². The van der Waals surface area contributed by atoms with Crippen LogP contribution in [0.4, 0.5) is 16.2 Å². The number of non-ortho nitro benzene ring substituents is 1. The van der Waals surface area contributed by atoms with Crippen LogP contribution in [0.1, 0.15) is 44.4 Å². The van der Waals surface area contributed by atoms with Crippen molar-refractivity contribution < 1.29 is 43.5 Å². The van der Waals surface area contributed by atoms with Gasteiger partial charge in [-0.1, -0.05) is 91.0 Å². The minimum absolute atomic E-state index is 0.0452. The fraction of sp³-hybridized carbons (Fsp3) is 0.227. The van der Waals surface area contributed by atoms with Gasteiger partial charge in [-0.05, 0) is 68.7 Å². The van der Waals surface area contributed by atoms with Gasteiger partial charge in [0.1, 0.15) is 29.6 Å². The van der Waals surface area contributed by atoms with Crippen molar-refractivity contribution in [2.45, 2.75) is 45.8 Å². The zero-order chi connectivity index (χ0) is 44.8. The number of anilines is 1. The van der Waals surface area contributed by atoms with E-state index in [0.717, 1.165) is 0 Å². The lowest BCUT2D eigenvalue weighted by Gasteiger charge is -2.20. The summed E-state index contributed by atoms with van der Waals surface area (Å²) in [7, 11) is 0. The van der Waals surface area contributed by atoms with Gasteiger partial charge in [-0.2, -0.15) is 0 Å². The Kier molecular flexibility index (Phi) is 19.0. The zero-order valence-electron chi connectivity index (χ0n) is 34.1. The molecule has 17 heteroatoms. The van der Waals surface area contributed by atoms with Crippen molar-refractivity contribution in [3.63, 3.8) is 0 Å². The third-order valence-corrected chi connectivity index (χ3v) is 7.71. The van der Waals surface area contributed by atoms with E-state index < -0.39 is 65.3 Å². The second-order valence-electron chi connectivity index (χ2n) is 13.9. The molecular formula is C44H49N7O10. The lowest BCUT2D eigenvalue weighted by atomic mass is 10.0. The first kappa shape index (κ1) is 47.7. The Morgan fingerprint density at radius 1 is 0.705 bits per heavy atom. The third kappa shape index (κ3) is 18.2. The van der Waals surface area contributed by atoms with Gasteiger partial charge in [-0.3, -0.25) is 34.1 Å². The number of aliphatic hydroxyl groups is 1. The molecule has 4 rings (SSSR count). The molecule has 0 saturated heterocycles. The van der Waals surface area contributed by atoms with Crippen molar-refractivity contribution in [3.05, 3.63) is 153 Å². The molecule has 0 radical (unpaired) electrons. The second kappa shape index (κ2) is 24.3. The quantitative estimate of drug-likeness (QED) is 0.0481. The van der Waals surface area contributed by atoms with Crippen molar-refractivity contribution >= 4 is 59.2 Å². The molecular weight excluding hydrogens is 787 g/mol. The molecule has 0 unspecified atom stereocenters. The maximum atomic E-state index is 13.9. The van der Waals surface area contributed by atoms with Crippen LogP contribution in [0.15, 0.2) is 127 Å². The number of benzene rings is 4. The number of aliphatic hydroxyl groups excluding tert-OH is 1. The number of ether oxygens (including phenoxy) is 1. The normalized spacial score (nSPS) is 11.6. The van der Waals surface area contributed by atoms with E-state index in [0.29, 0.717) is 16.7 Å². The summed E-state index contributed by atoms with van der Waals surface area (Å²) in [6.45, 7) is 5.75. The van der Waals surface area contributed by atoms with Gasteiger partial charge >= 0.3 is 6.09 Å². The van der Waals surface area contributed by atoms with Crippen LogP contribution in [0.5, 0.6) is 0 Å². The van der Waals surface area contributed by atoms with E-state index in [1.165, 1.54) is 36.4 Å². The maximum absolute atomic E-state index is 13.9. The monoisotopic (exact) mass is 835 g/mol. The van der Waals surface area contributed by atoms with E-state index >= 15 is 0 Å². The number of rotatable bonds is 16. The summed E-state index contributed by atoms with van der Waals surface area (Å²) < 4.78 is 5.14. The maximum Gasteiger partial charge on any atom is 0.408 e. The molecule has 320 valence electrons. The lowest BCUT2D eigenvalue weighted by Crippen LogP contribution is -2.48. The number of nitro groups is 1. The molecule has 0 bridgehead atoms. The van der Waals surface area contributed by atoms with E-state index in [2.05, 4.69) is 31.9 Å². The summed E-state index contributed by atoms with van der Waals surface area (Å²) in [6.07, 6.45) is 1.98. The number of nitrogens with zero attached hydrogens (tertiary/aromatic N) is 1. The Balaban J connectivity index is 0.00000321. The predicted octanol–water partition coefficient (Wildman–Crippen LogP) is 4.21. The summed E-state index contributed by atoms with van der Waals surface area (Å²) in [4.78, 5) is 89.5. The molecule has 0 heterocycles. The highest BCUT2D eigenvalue weighted by atomic mass is 16.6. The number of carbonyl (C=O) groups excluding carboxylic acids is 6. The van der Waals surface area contributed by atoms with Crippen molar-refractivity contribution in [1.82, 2.24) is 26.6 Å². The average molecular weight is 836 g/mol. The average Bonchev–Trinajstić information content (AvgIpc) is 3.22. The molecule has 61 heavy (non-hydrogen) atoms. The molecule has 0 fully saturated rings. The van der Waals surface area contributed by atoms with Gasteiger partial charge in [0, 0.05) is 30.8 Å². The fourth-order valence-electron chi connectivity index (χ4n) is 5.05. The van der Waals surface area contributed by atoms with Gasteiger partial charge in [-0.15, -0.1) is 0 Å². The van der Waals surface area contributed by atoms with Gasteiger partial charge in [0.15, 0.2) is 0 Å². The van der Waals surface area contributed by atoms with Crippen molar-refractivity contribution in [3.8, 4) is 0 Å². The fourth-order valence-corrected chi connectivity index (χ4v) is 5.05. The zero-order valence-corrected chi connectivity index (χ0v) is 34.1. The highest BCUT2D eigenvalue weighted by molar-refractivity contribution is 6.06. The molecule has 1 atom stereocenters. The molecule has 17 nitrogen and oxygen atoms in total. The van der Waals surface area contributed by atoms with Crippen LogP contribution < -0.4 is 31.9 Å². The molecule has 6 amide bonds. The van der Waals surface area contributed by atoms with Crippen molar-refractivity contribution in [1.29, 1.82) is 0 Å². The number of nitro benzene ring substituents is 1. The molecule has 0 spiro atoms. The van der Waals surface area contributed by atoms with Gasteiger partial charge in [0.25, 0.3) is 17.5 Å². The first-order valence-corrected chi connectivity index (χ1v) is 19.0. The molecule has 0 aliphatic carbocycles. The number of carbonyl (C=O) groups is 6. The van der Waals surface area contributed by atoms with Crippen LogP contribution in [-0.2, 0) is 35.1 Å². The Morgan fingerprint density at radius 3 is 1.64 bits per heavy atom. The number of alkyl carbamates (subject to hydrolysis) is 1. The van der Waals surface area contributed by atoms with Gasteiger partial charge in [0.05, 0.1) is 11.5 Å². The topological polar surface area (TPSA) is 247 Å². The third-order valence-electron chi connectivity index (χ3n) is 7.71. The van der Waals surface area contributed by atoms with E-state index in [1.54, 1.807) is 119 Å². The Labute approximate surface area is 352 Å². The molecule has 0 aliphatic rings. The van der Waals surface area contributed by atoms with Gasteiger partial charge in [-0.25, -0.2) is 4.79 Å². The van der Waals surface area contributed by atoms with Crippen LogP contribution in [0.2, 0.25) is 0 Å². The Bertz CT molecular complexity index is 2170. The molecule has 4 aromatic rings. The number of hydrogen-bond acceptors (Lipinski definition) is 10. The molecule has 7 N–H and O–H groups in total. The van der Waals surface area contributed by atoms with Crippen LogP contribution in [-0.4, -0.2) is 77.0 Å². The standard InChI is InChI=1S/C42H43N7O9.C2H6O/c1-42(2,3)58-41(55)44-27-37(51)46-33(23-28-13-7-4-8-14-28)38(52)43-26-36(50)47-34(24-29-15-9-5-10-16-29)40(54)48-35(25-30-17-11-6-12-18-30)39(53)45-31-19-21-32(22-20-31)49(56)57;1-2-3/h4-24,35H,25-27H2,1-3H3,(H,43,52)(H,44,55)(H,45,53)(H,46,51)(H,47,50)(H,48,54);3H,2H2,1H3/b33-23-,34-24+;/t35-;/m0./s1. The Morgan fingerprint density at radius 2 is 1.16 bits per heavy atom. The number of amides is 6. The number of hydrogen-bond donors (Lipinski definition) is 7. The van der Waals surface area contributed by atoms with Crippen molar-refractivity contribution in [2.24, 2.45) is 0 Å². The van der Waals surface area contributed by atoms with Crippen LogP contribution in [0.25, 0.3) is 12.2 Å². The summed E-state index contributed by atoms with van der Waals surface area (Å²) in [5.41, 5.74) is 0.570. The molecule has 4 aromatic carbocycles. The first-order valence-electron chi connectivity index (χ1n) is 19.0. The molecule has 0 aliphatic heterocycles. The van der Waals surface area contributed by atoms with Gasteiger partial charge in [0.2, 0.25) is 17.7 Å². The molecule has 0 aromatic heterocycles. The highest BCUT2D eigenvalue weighted by Crippen LogP contribution is 2.17. The Hall–Kier alpha value is -7.66. The van der Waals surface area contributed by atoms with E-state index in [9.17, 15) is 38.9 Å².